The van der Waals surface area contributed by atoms with Crippen LogP contribution in [0.1, 0.15) is 37.4 Å². The van der Waals surface area contributed by atoms with Crippen LogP contribution in [0.25, 0.3) is 0 Å². The predicted molar refractivity (Wildman–Crippen MR) is 80.5 cm³/mol. The summed E-state index contributed by atoms with van der Waals surface area (Å²) < 4.78 is 0. The summed E-state index contributed by atoms with van der Waals surface area (Å²) in [6.07, 6.45) is 2.90. The molecule has 1 aliphatic rings. The molecule has 0 bridgehead atoms. The zero-order chi connectivity index (χ0) is 13.8. The molecular formula is C15H26N4. The zero-order valence-corrected chi connectivity index (χ0v) is 12.4. The highest BCUT2D eigenvalue weighted by Gasteiger charge is 2.18. The van der Waals surface area contributed by atoms with E-state index in [9.17, 15) is 0 Å². The van der Waals surface area contributed by atoms with Gasteiger partial charge in [0.15, 0.2) is 0 Å². The maximum atomic E-state index is 6.07. The Morgan fingerprint density at radius 1 is 1.26 bits per heavy atom. The van der Waals surface area contributed by atoms with Crippen molar-refractivity contribution in [1.82, 2.24) is 9.88 Å². The topological polar surface area (TPSA) is 45.4 Å². The molecule has 2 rings (SSSR count). The lowest BCUT2D eigenvalue weighted by Gasteiger charge is -2.35. The number of hydrogen-bond acceptors (Lipinski definition) is 4. The molecule has 1 aliphatic heterocycles. The monoisotopic (exact) mass is 262 g/mol. The summed E-state index contributed by atoms with van der Waals surface area (Å²) in [5.41, 5.74) is 8.46. The fourth-order valence-electron chi connectivity index (χ4n) is 2.63. The van der Waals surface area contributed by atoms with Gasteiger partial charge < -0.3 is 15.5 Å². The Labute approximate surface area is 116 Å². The minimum atomic E-state index is 0.109. The van der Waals surface area contributed by atoms with Crippen molar-refractivity contribution in [2.24, 2.45) is 5.73 Å². The number of nitrogens with two attached hydrogens (primary N) is 1. The number of likely N-dealkylation sites (N-methyl/N-ethyl adjacent to an activating group) is 1. The second-order valence-electron chi connectivity index (χ2n) is 5.35. The molecule has 19 heavy (non-hydrogen) atoms. The number of anilines is 1. The van der Waals surface area contributed by atoms with E-state index in [2.05, 4.69) is 41.6 Å². The summed E-state index contributed by atoms with van der Waals surface area (Å²) in [4.78, 5) is 9.52. The van der Waals surface area contributed by atoms with Crippen LogP contribution in [-0.4, -0.2) is 42.6 Å². The average Bonchev–Trinajstić information content (AvgIpc) is 2.46. The molecule has 0 aromatic carbocycles. The lowest BCUT2D eigenvalue weighted by atomic mass is 10.1. The van der Waals surface area contributed by atoms with E-state index in [1.165, 1.54) is 5.56 Å². The molecule has 0 radical (unpaired) electrons. The van der Waals surface area contributed by atoms with Crippen LogP contribution >= 0.6 is 0 Å². The smallest absolute Gasteiger partial charge is 0.131 e. The van der Waals surface area contributed by atoms with Crippen molar-refractivity contribution in [3.8, 4) is 0 Å². The van der Waals surface area contributed by atoms with Crippen molar-refractivity contribution in [3.05, 3.63) is 23.4 Å². The second kappa shape index (κ2) is 6.35. The molecule has 1 aromatic rings. The molecule has 0 spiro atoms. The van der Waals surface area contributed by atoms with Gasteiger partial charge in [0.25, 0.3) is 0 Å². The minimum Gasteiger partial charge on any atom is -0.354 e. The summed E-state index contributed by atoms with van der Waals surface area (Å²) in [7, 11) is 0. The maximum Gasteiger partial charge on any atom is 0.131 e. The number of aryl methyl sites for hydroxylation is 1. The highest BCUT2D eigenvalue weighted by Crippen LogP contribution is 2.22. The van der Waals surface area contributed by atoms with Gasteiger partial charge in [-0.15, -0.1) is 0 Å². The number of pyridine rings is 1. The molecule has 0 aliphatic carbocycles. The second-order valence-corrected chi connectivity index (χ2v) is 5.35. The first kappa shape index (κ1) is 14.3. The number of hydrogen-bond donors (Lipinski definition) is 1. The van der Waals surface area contributed by atoms with Crippen molar-refractivity contribution in [2.45, 2.75) is 33.2 Å². The normalized spacial score (nSPS) is 18.6. The minimum absolute atomic E-state index is 0.109. The number of rotatable bonds is 4. The summed E-state index contributed by atoms with van der Waals surface area (Å²) >= 11 is 0. The third kappa shape index (κ3) is 3.25. The van der Waals surface area contributed by atoms with Crippen LogP contribution in [0.4, 0.5) is 5.82 Å². The van der Waals surface area contributed by atoms with Crippen LogP contribution in [0, 0.1) is 6.92 Å². The van der Waals surface area contributed by atoms with Crippen molar-refractivity contribution in [2.75, 3.05) is 37.6 Å². The quantitative estimate of drug-likeness (QED) is 0.901. The lowest BCUT2D eigenvalue weighted by molar-refractivity contribution is 0.270. The van der Waals surface area contributed by atoms with Gasteiger partial charge >= 0.3 is 0 Å². The highest BCUT2D eigenvalue weighted by molar-refractivity contribution is 5.48. The summed E-state index contributed by atoms with van der Waals surface area (Å²) in [5.74, 6) is 1.13. The maximum absolute atomic E-state index is 6.07. The van der Waals surface area contributed by atoms with Crippen LogP contribution in [0.15, 0.2) is 12.3 Å². The van der Waals surface area contributed by atoms with Gasteiger partial charge in [-0.3, -0.25) is 0 Å². The standard InChI is InChI=1S/C15H26N4/c1-4-14(16)13-10-12(3)15(17-11-13)19-8-6-18(5-2)7-9-19/h10-11,14H,4-9,16H2,1-3H3/t14-/m1/s1. The molecular weight excluding hydrogens is 236 g/mol. The van der Waals surface area contributed by atoms with Gasteiger partial charge in [0.05, 0.1) is 0 Å². The fourth-order valence-corrected chi connectivity index (χ4v) is 2.63. The Bertz CT molecular complexity index is 411. The highest BCUT2D eigenvalue weighted by atomic mass is 15.3. The largest absolute Gasteiger partial charge is 0.354 e. The molecule has 1 aromatic heterocycles. The summed E-state index contributed by atoms with van der Waals surface area (Å²) in [6.45, 7) is 12.0. The Balaban J connectivity index is 2.09. The van der Waals surface area contributed by atoms with E-state index in [0.717, 1.165) is 50.5 Å². The molecule has 2 heterocycles. The van der Waals surface area contributed by atoms with Gasteiger partial charge in [0.1, 0.15) is 5.82 Å². The van der Waals surface area contributed by atoms with Gasteiger partial charge in [0, 0.05) is 38.4 Å². The molecule has 0 amide bonds. The Hall–Kier alpha value is -1.13. The fraction of sp³-hybridized carbons (Fsp3) is 0.667. The van der Waals surface area contributed by atoms with Crippen LogP contribution < -0.4 is 10.6 Å². The van der Waals surface area contributed by atoms with E-state index < -0.39 is 0 Å². The van der Waals surface area contributed by atoms with Crippen LogP contribution in [0.3, 0.4) is 0 Å². The zero-order valence-electron chi connectivity index (χ0n) is 12.4. The molecule has 0 saturated carbocycles. The van der Waals surface area contributed by atoms with Crippen molar-refractivity contribution >= 4 is 5.82 Å². The Morgan fingerprint density at radius 3 is 2.47 bits per heavy atom. The molecule has 106 valence electrons. The SMILES string of the molecule is CC[C@@H](N)c1cnc(N2CCN(CC)CC2)c(C)c1. The first-order valence-electron chi connectivity index (χ1n) is 7.35. The van der Waals surface area contributed by atoms with Crippen LogP contribution in [-0.2, 0) is 0 Å². The van der Waals surface area contributed by atoms with E-state index in [1.54, 1.807) is 0 Å². The predicted octanol–water partition coefficient (Wildman–Crippen LogP) is 1.94. The van der Waals surface area contributed by atoms with Gasteiger partial charge in [-0.05, 0) is 37.1 Å². The summed E-state index contributed by atoms with van der Waals surface area (Å²) in [5, 5.41) is 0. The van der Waals surface area contributed by atoms with Gasteiger partial charge in [-0.1, -0.05) is 13.8 Å². The average molecular weight is 262 g/mol. The number of piperazine rings is 1. The van der Waals surface area contributed by atoms with Crippen LogP contribution in [0.5, 0.6) is 0 Å². The van der Waals surface area contributed by atoms with Crippen molar-refractivity contribution in [3.63, 3.8) is 0 Å². The number of nitrogens with zero attached hydrogens (tertiary/aromatic N) is 3. The molecule has 4 nitrogen and oxygen atoms in total. The lowest BCUT2D eigenvalue weighted by Crippen LogP contribution is -2.46. The molecule has 2 N–H and O–H groups in total. The molecule has 0 unspecified atom stereocenters. The van der Waals surface area contributed by atoms with E-state index in [4.69, 9.17) is 5.73 Å². The Kier molecular flexibility index (Phi) is 4.77. The van der Waals surface area contributed by atoms with Gasteiger partial charge in [-0.2, -0.15) is 0 Å². The van der Waals surface area contributed by atoms with Gasteiger partial charge in [-0.25, -0.2) is 4.98 Å². The van der Waals surface area contributed by atoms with E-state index in [-0.39, 0.29) is 6.04 Å². The Morgan fingerprint density at radius 2 is 1.95 bits per heavy atom. The van der Waals surface area contributed by atoms with Crippen molar-refractivity contribution < 1.29 is 0 Å². The molecule has 4 heteroatoms. The van der Waals surface area contributed by atoms with E-state index >= 15 is 0 Å². The van der Waals surface area contributed by atoms with E-state index in [1.807, 2.05) is 6.20 Å². The first-order valence-corrected chi connectivity index (χ1v) is 7.35. The summed E-state index contributed by atoms with van der Waals surface area (Å²) in [6, 6.07) is 2.31. The third-order valence-corrected chi connectivity index (χ3v) is 4.06. The molecule has 1 saturated heterocycles. The van der Waals surface area contributed by atoms with Gasteiger partial charge in [0.2, 0.25) is 0 Å². The molecule has 1 atom stereocenters. The first-order chi connectivity index (χ1) is 9.15. The third-order valence-electron chi connectivity index (χ3n) is 4.06. The number of aromatic nitrogens is 1. The van der Waals surface area contributed by atoms with Crippen LogP contribution in [0.2, 0.25) is 0 Å². The van der Waals surface area contributed by atoms with Crippen molar-refractivity contribution in [1.29, 1.82) is 0 Å². The molecule has 1 fully saturated rings. The van der Waals surface area contributed by atoms with E-state index in [0.29, 0.717) is 0 Å².